The van der Waals surface area contributed by atoms with Crippen molar-refractivity contribution < 1.29 is 14.7 Å². The molecule has 0 saturated carbocycles. The number of benzene rings is 1. The minimum Gasteiger partial charge on any atom is -0.480 e. The van der Waals surface area contributed by atoms with Gasteiger partial charge in [0.25, 0.3) is 0 Å². The van der Waals surface area contributed by atoms with Crippen molar-refractivity contribution in [3.05, 3.63) is 35.9 Å². The molecule has 4 heteroatoms. The zero-order valence-corrected chi connectivity index (χ0v) is 9.85. The number of aryl methyl sites for hydroxylation is 1. The van der Waals surface area contributed by atoms with Gasteiger partial charge in [0.05, 0.1) is 0 Å². The van der Waals surface area contributed by atoms with E-state index in [0.717, 1.165) is 5.56 Å². The molecule has 0 bridgehead atoms. The highest BCUT2D eigenvalue weighted by atomic mass is 16.4. The van der Waals surface area contributed by atoms with Crippen LogP contribution < -0.4 is 5.32 Å². The van der Waals surface area contributed by atoms with E-state index in [1.165, 1.54) is 0 Å². The second-order valence-electron chi connectivity index (χ2n) is 3.84. The maximum atomic E-state index is 11.2. The van der Waals surface area contributed by atoms with E-state index in [1.807, 2.05) is 30.3 Å². The molecule has 1 amide bonds. The van der Waals surface area contributed by atoms with Gasteiger partial charge in [-0.1, -0.05) is 37.3 Å². The molecule has 0 aromatic heterocycles. The average molecular weight is 235 g/mol. The van der Waals surface area contributed by atoms with E-state index in [4.69, 9.17) is 5.11 Å². The fourth-order valence-corrected chi connectivity index (χ4v) is 1.51. The third kappa shape index (κ3) is 4.68. The maximum Gasteiger partial charge on any atom is 0.326 e. The summed E-state index contributed by atoms with van der Waals surface area (Å²) >= 11 is 0. The summed E-state index contributed by atoms with van der Waals surface area (Å²) < 4.78 is 0. The zero-order valence-electron chi connectivity index (χ0n) is 9.85. The summed E-state index contributed by atoms with van der Waals surface area (Å²) in [7, 11) is 0. The van der Waals surface area contributed by atoms with E-state index < -0.39 is 12.0 Å². The normalized spacial score (nSPS) is 11.8. The molecule has 1 unspecified atom stereocenters. The lowest BCUT2D eigenvalue weighted by atomic mass is 10.1. The Labute approximate surface area is 101 Å². The van der Waals surface area contributed by atoms with Gasteiger partial charge in [0.2, 0.25) is 5.91 Å². The van der Waals surface area contributed by atoms with E-state index >= 15 is 0 Å². The lowest BCUT2D eigenvalue weighted by Gasteiger charge is -2.13. The van der Waals surface area contributed by atoms with Crippen LogP contribution in [0.15, 0.2) is 30.3 Å². The van der Waals surface area contributed by atoms with Crippen LogP contribution in [0.1, 0.15) is 25.3 Å². The van der Waals surface area contributed by atoms with Gasteiger partial charge in [-0.3, -0.25) is 4.79 Å². The largest absolute Gasteiger partial charge is 0.480 e. The molecule has 0 spiro atoms. The van der Waals surface area contributed by atoms with Crippen molar-refractivity contribution in [1.82, 2.24) is 5.32 Å². The molecule has 0 saturated heterocycles. The molecule has 0 aliphatic heterocycles. The molecule has 1 atom stereocenters. The van der Waals surface area contributed by atoms with Gasteiger partial charge in [0.15, 0.2) is 0 Å². The molecule has 0 radical (unpaired) electrons. The Bertz CT molecular complexity index is 376. The lowest BCUT2D eigenvalue weighted by molar-refractivity contribution is -0.141. The van der Waals surface area contributed by atoms with Crippen LogP contribution in [0, 0.1) is 0 Å². The van der Waals surface area contributed by atoms with Crippen LogP contribution in [-0.2, 0) is 16.0 Å². The molecular weight excluding hydrogens is 218 g/mol. The van der Waals surface area contributed by atoms with E-state index in [2.05, 4.69) is 5.32 Å². The van der Waals surface area contributed by atoms with Gasteiger partial charge in [-0.15, -0.1) is 0 Å². The quantitative estimate of drug-likeness (QED) is 0.787. The van der Waals surface area contributed by atoms with Crippen molar-refractivity contribution in [2.75, 3.05) is 0 Å². The molecule has 0 aliphatic rings. The molecule has 92 valence electrons. The lowest BCUT2D eigenvalue weighted by Crippen LogP contribution is -2.40. The van der Waals surface area contributed by atoms with Crippen LogP contribution in [0.4, 0.5) is 0 Å². The molecule has 1 aromatic rings. The standard InChI is InChI=1S/C13H17NO3/c1-2-12(15)14-11(13(16)17)9-8-10-6-4-3-5-7-10/h3-7,11H,2,8-9H2,1H3,(H,14,15)(H,16,17). The van der Waals surface area contributed by atoms with Crippen molar-refractivity contribution >= 4 is 11.9 Å². The third-order valence-corrected chi connectivity index (χ3v) is 2.52. The van der Waals surface area contributed by atoms with Gasteiger partial charge in [-0.05, 0) is 18.4 Å². The summed E-state index contributed by atoms with van der Waals surface area (Å²) in [5.41, 5.74) is 1.07. The summed E-state index contributed by atoms with van der Waals surface area (Å²) in [6.07, 6.45) is 1.35. The Hall–Kier alpha value is -1.84. The van der Waals surface area contributed by atoms with Crippen LogP contribution in [0.3, 0.4) is 0 Å². The third-order valence-electron chi connectivity index (χ3n) is 2.52. The monoisotopic (exact) mass is 235 g/mol. The highest BCUT2D eigenvalue weighted by Gasteiger charge is 2.18. The number of carboxylic acid groups (broad SMARTS) is 1. The number of carbonyl (C=O) groups excluding carboxylic acids is 1. The van der Waals surface area contributed by atoms with Crippen LogP contribution in [-0.4, -0.2) is 23.0 Å². The smallest absolute Gasteiger partial charge is 0.326 e. The fourth-order valence-electron chi connectivity index (χ4n) is 1.51. The first kappa shape index (κ1) is 13.2. The molecule has 1 rings (SSSR count). The summed E-state index contributed by atoms with van der Waals surface area (Å²) in [6, 6.07) is 8.83. The Morgan fingerprint density at radius 1 is 1.29 bits per heavy atom. The first-order valence-corrected chi connectivity index (χ1v) is 5.69. The molecule has 0 heterocycles. The van der Waals surface area contributed by atoms with Crippen molar-refractivity contribution in [1.29, 1.82) is 0 Å². The Kier molecular flexibility index (Phi) is 5.20. The van der Waals surface area contributed by atoms with Crippen LogP contribution in [0.25, 0.3) is 0 Å². The first-order valence-electron chi connectivity index (χ1n) is 5.69. The van der Waals surface area contributed by atoms with Gasteiger partial charge in [0, 0.05) is 6.42 Å². The van der Waals surface area contributed by atoms with E-state index in [-0.39, 0.29) is 5.91 Å². The SMILES string of the molecule is CCC(=O)NC(CCc1ccccc1)C(=O)O. The Balaban J connectivity index is 2.50. The van der Waals surface area contributed by atoms with E-state index in [0.29, 0.717) is 19.3 Å². The molecule has 2 N–H and O–H groups in total. The van der Waals surface area contributed by atoms with Gasteiger partial charge in [0.1, 0.15) is 6.04 Å². The molecule has 17 heavy (non-hydrogen) atoms. The van der Waals surface area contributed by atoms with Crippen molar-refractivity contribution in [2.24, 2.45) is 0 Å². The molecular formula is C13H17NO3. The minimum atomic E-state index is -0.984. The number of carboxylic acids is 1. The van der Waals surface area contributed by atoms with Gasteiger partial charge in [-0.25, -0.2) is 4.79 Å². The first-order chi connectivity index (χ1) is 8.13. The number of hydrogen-bond acceptors (Lipinski definition) is 2. The van der Waals surface area contributed by atoms with Gasteiger partial charge < -0.3 is 10.4 Å². The Morgan fingerprint density at radius 2 is 1.94 bits per heavy atom. The highest BCUT2D eigenvalue weighted by molar-refractivity contribution is 5.83. The molecule has 0 aliphatic carbocycles. The number of rotatable bonds is 6. The zero-order chi connectivity index (χ0) is 12.7. The van der Waals surface area contributed by atoms with Gasteiger partial charge in [-0.2, -0.15) is 0 Å². The minimum absolute atomic E-state index is 0.231. The van der Waals surface area contributed by atoms with Crippen molar-refractivity contribution in [2.45, 2.75) is 32.2 Å². The predicted molar refractivity (Wildman–Crippen MR) is 64.6 cm³/mol. The summed E-state index contributed by atoms with van der Waals surface area (Å²) in [6.45, 7) is 1.70. The second kappa shape index (κ2) is 6.68. The number of aliphatic carboxylic acids is 1. The summed E-state index contributed by atoms with van der Waals surface area (Å²) in [5, 5.41) is 11.5. The fraction of sp³-hybridized carbons (Fsp3) is 0.385. The summed E-state index contributed by atoms with van der Waals surface area (Å²) in [4.78, 5) is 22.1. The average Bonchev–Trinajstić information content (AvgIpc) is 2.35. The molecule has 1 aromatic carbocycles. The number of carbonyl (C=O) groups is 2. The highest BCUT2D eigenvalue weighted by Crippen LogP contribution is 2.05. The van der Waals surface area contributed by atoms with Gasteiger partial charge >= 0.3 is 5.97 Å². The number of hydrogen-bond donors (Lipinski definition) is 2. The topological polar surface area (TPSA) is 66.4 Å². The van der Waals surface area contributed by atoms with Crippen LogP contribution in [0.2, 0.25) is 0 Å². The Morgan fingerprint density at radius 3 is 2.47 bits per heavy atom. The summed E-state index contributed by atoms with van der Waals surface area (Å²) in [5.74, 6) is -1.21. The van der Waals surface area contributed by atoms with Crippen molar-refractivity contribution in [3.8, 4) is 0 Å². The second-order valence-corrected chi connectivity index (χ2v) is 3.84. The number of amides is 1. The van der Waals surface area contributed by atoms with Crippen LogP contribution in [0.5, 0.6) is 0 Å². The number of nitrogens with one attached hydrogen (secondary N) is 1. The molecule has 0 fully saturated rings. The van der Waals surface area contributed by atoms with E-state index in [1.54, 1.807) is 6.92 Å². The van der Waals surface area contributed by atoms with E-state index in [9.17, 15) is 9.59 Å². The predicted octanol–water partition coefficient (Wildman–Crippen LogP) is 1.60. The van der Waals surface area contributed by atoms with Crippen LogP contribution >= 0.6 is 0 Å². The maximum absolute atomic E-state index is 11.2. The molecule has 4 nitrogen and oxygen atoms in total. The van der Waals surface area contributed by atoms with Crippen molar-refractivity contribution in [3.63, 3.8) is 0 Å².